The van der Waals surface area contributed by atoms with Crippen LogP contribution in [0, 0.1) is 5.92 Å². The van der Waals surface area contributed by atoms with Crippen molar-refractivity contribution >= 4 is 29.2 Å². The van der Waals surface area contributed by atoms with E-state index in [9.17, 15) is 9.59 Å². The minimum atomic E-state index is -0.260. The molecule has 8 heteroatoms. The molecule has 0 saturated carbocycles. The van der Waals surface area contributed by atoms with Gasteiger partial charge in [-0.25, -0.2) is 4.79 Å². The Hall–Kier alpha value is -2.93. The van der Waals surface area contributed by atoms with Crippen molar-refractivity contribution in [1.29, 1.82) is 0 Å². The minimum Gasteiger partial charge on any atom is -0.454 e. The van der Waals surface area contributed by atoms with Gasteiger partial charge in [0, 0.05) is 48.7 Å². The maximum atomic E-state index is 12.4. The molecule has 2 aromatic carbocycles. The predicted molar refractivity (Wildman–Crippen MR) is 105 cm³/mol. The van der Waals surface area contributed by atoms with Crippen LogP contribution >= 0.6 is 11.6 Å². The fourth-order valence-corrected chi connectivity index (χ4v) is 3.43. The Morgan fingerprint density at radius 3 is 2.71 bits per heavy atom. The van der Waals surface area contributed by atoms with E-state index >= 15 is 0 Å². The quantitative estimate of drug-likeness (QED) is 0.807. The van der Waals surface area contributed by atoms with Crippen molar-refractivity contribution in [1.82, 2.24) is 10.6 Å². The fraction of sp³-hybridized carbons (Fsp3) is 0.300. The molecule has 28 heavy (non-hydrogen) atoms. The van der Waals surface area contributed by atoms with Gasteiger partial charge in [-0.15, -0.1) is 0 Å². The van der Waals surface area contributed by atoms with Crippen LogP contribution < -0.4 is 25.0 Å². The highest BCUT2D eigenvalue weighted by atomic mass is 35.5. The van der Waals surface area contributed by atoms with E-state index in [2.05, 4.69) is 10.6 Å². The van der Waals surface area contributed by atoms with Gasteiger partial charge in [0.1, 0.15) is 0 Å². The molecule has 3 amide bonds. The first kappa shape index (κ1) is 18.4. The lowest BCUT2D eigenvalue weighted by atomic mass is 10.1. The zero-order valence-corrected chi connectivity index (χ0v) is 15.9. The lowest BCUT2D eigenvalue weighted by molar-refractivity contribution is -0.117. The first-order valence-electron chi connectivity index (χ1n) is 9.04. The molecule has 2 N–H and O–H groups in total. The summed E-state index contributed by atoms with van der Waals surface area (Å²) < 4.78 is 10.7. The van der Waals surface area contributed by atoms with Crippen molar-refractivity contribution in [2.24, 2.45) is 5.92 Å². The topological polar surface area (TPSA) is 79.9 Å². The molecule has 2 heterocycles. The van der Waals surface area contributed by atoms with Crippen molar-refractivity contribution in [3.8, 4) is 11.5 Å². The number of amides is 3. The van der Waals surface area contributed by atoms with E-state index in [0.717, 1.165) is 11.3 Å². The van der Waals surface area contributed by atoms with Crippen LogP contribution in [0.3, 0.4) is 0 Å². The third kappa shape index (κ3) is 4.14. The Morgan fingerprint density at radius 1 is 1.11 bits per heavy atom. The summed E-state index contributed by atoms with van der Waals surface area (Å²) in [6.07, 6.45) is 0.395. The molecule has 0 bridgehead atoms. The van der Waals surface area contributed by atoms with Gasteiger partial charge >= 0.3 is 6.03 Å². The monoisotopic (exact) mass is 401 g/mol. The highest BCUT2D eigenvalue weighted by molar-refractivity contribution is 6.30. The van der Waals surface area contributed by atoms with Crippen LogP contribution in [0.5, 0.6) is 11.5 Å². The molecular weight excluding hydrogens is 382 g/mol. The third-order valence-corrected chi connectivity index (χ3v) is 5.04. The molecule has 0 aromatic heterocycles. The standard InChI is InChI=1S/C20H20ClN3O4/c21-15-3-1-13(2-4-15)9-22-20(26)23-10-14-7-19(25)24(11-14)16-5-6-17-18(8-16)28-12-27-17/h1-6,8,14H,7,9-12H2,(H2,22,23,26). The number of ether oxygens (including phenoxy) is 2. The fourth-order valence-electron chi connectivity index (χ4n) is 3.31. The Balaban J connectivity index is 1.26. The van der Waals surface area contributed by atoms with Gasteiger partial charge in [-0.3, -0.25) is 4.79 Å². The summed E-state index contributed by atoms with van der Waals surface area (Å²) in [5.41, 5.74) is 1.74. The molecule has 2 aliphatic rings. The smallest absolute Gasteiger partial charge is 0.315 e. The van der Waals surface area contributed by atoms with Gasteiger partial charge in [-0.05, 0) is 29.8 Å². The molecule has 0 radical (unpaired) electrons. The molecule has 0 aliphatic carbocycles. The van der Waals surface area contributed by atoms with E-state index in [0.29, 0.717) is 42.6 Å². The number of rotatable bonds is 5. The van der Waals surface area contributed by atoms with Crippen molar-refractivity contribution in [2.45, 2.75) is 13.0 Å². The third-order valence-electron chi connectivity index (χ3n) is 4.79. The Morgan fingerprint density at radius 2 is 1.89 bits per heavy atom. The van der Waals surface area contributed by atoms with Gasteiger partial charge in [0.25, 0.3) is 0 Å². The molecule has 1 saturated heterocycles. The molecule has 2 aliphatic heterocycles. The average molecular weight is 402 g/mol. The Kier molecular flexibility index (Phi) is 5.25. The molecular formula is C20H20ClN3O4. The first-order valence-corrected chi connectivity index (χ1v) is 9.42. The highest BCUT2D eigenvalue weighted by Crippen LogP contribution is 2.37. The Bertz CT molecular complexity index is 888. The number of hydrogen-bond donors (Lipinski definition) is 2. The van der Waals surface area contributed by atoms with Gasteiger partial charge in [-0.2, -0.15) is 0 Å². The summed E-state index contributed by atoms with van der Waals surface area (Å²) in [5.74, 6) is 1.42. The second-order valence-electron chi connectivity index (χ2n) is 6.80. The summed E-state index contributed by atoms with van der Waals surface area (Å²) in [5, 5.41) is 6.30. The lowest BCUT2D eigenvalue weighted by Crippen LogP contribution is -2.38. The number of anilines is 1. The van der Waals surface area contributed by atoms with Crippen LogP contribution in [0.15, 0.2) is 42.5 Å². The van der Waals surface area contributed by atoms with Crippen LogP contribution in [-0.4, -0.2) is 31.8 Å². The largest absolute Gasteiger partial charge is 0.454 e. The SMILES string of the molecule is O=C(NCc1ccc(Cl)cc1)NCC1CC(=O)N(c2ccc3c(c2)OCO3)C1. The van der Waals surface area contributed by atoms with Crippen LogP contribution in [0.4, 0.5) is 10.5 Å². The normalized spacial score (nSPS) is 17.7. The number of halogens is 1. The molecule has 146 valence electrons. The Labute approximate surface area is 167 Å². The maximum Gasteiger partial charge on any atom is 0.315 e. The predicted octanol–water partition coefficient (Wildman–Crippen LogP) is 2.92. The molecule has 2 aromatic rings. The number of nitrogens with one attached hydrogen (secondary N) is 2. The van der Waals surface area contributed by atoms with E-state index in [4.69, 9.17) is 21.1 Å². The van der Waals surface area contributed by atoms with Gasteiger partial charge in [0.2, 0.25) is 12.7 Å². The number of benzene rings is 2. The van der Waals surface area contributed by atoms with E-state index in [1.165, 1.54) is 0 Å². The summed E-state index contributed by atoms with van der Waals surface area (Å²) in [4.78, 5) is 26.1. The molecule has 1 atom stereocenters. The van der Waals surface area contributed by atoms with Crippen molar-refractivity contribution in [3.63, 3.8) is 0 Å². The maximum absolute atomic E-state index is 12.4. The van der Waals surface area contributed by atoms with Gasteiger partial charge in [0.15, 0.2) is 11.5 Å². The van der Waals surface area contributed by atoms with Crippen LogP contribution in [0.1, 0.15) is 12.0 Å². The van der Waals surface area contributed by atoms with E-state index < -0.39 is 0 Å². The van der Waals surface area contributed by atoms with Crippen molar-refractivity contribution in [2.75, 3.05) is 24.8 Å². The summed E-state index contributed by atoms with van der Waals surface area (Å²) in [7, 11) is 0. The number of carbonyl (C=O) groups is 2. The van der Waals surface area contributed by atoms with Gasteiger partial charge in [0.05, 0.1) is 0 Å². The van der Waals surface area contributed by atoms with Gasteiger partial charge in [-0.1, -0.05) is 23.7 Å². The average Bonchev–Trinajstić information content (AvgIpc) is 3.31. The summed E-state index contributed by atoms with van der Waals surface area (Å²) in [6.45, 7) is 1.59. The number of hydrogen-bond acceptors (Lipinski definition) is 4. The highest BCUT2D eigenvalue weighted by Gasteiger charge is 2.31. The molecule has 4 rings (SSSR count). The number of urea groups is 1. The van der Waals surface area contributed by atoms with Gasteiger partial charge < -0.3 is 25.0 Å². The van der Waals surface area contributed by atoms with Crippen molar-refractivity contribution in [3.05, 3.63) is 53.1 Å². The molecule has 7 nitrogen and oxygen atoms in total. The number of carbonyl (C=O) groups excluding carboxylic acids is 2. The zero-order chi connectivity index (χ0) is 19.5. The number of fused-ring (bicyclic) bond motifs is 1. The van der Waals surface area contributed by atoms with Crippen molar-refractivity contribution < 1.29 is 19.1 Å². The second kappa shape index (κ2) is 7.98. The molecule has 1 unspecified atom stereocenters. The van der Waals surface area contributed by atoms with E-state index in [-0.39, 0.29) is 24.6 Å². The lowest BCUT2D eigenvalue weighted by Gasteiger charge is -2.17. The van der Waals surface area contributed by atoms with E-state index in [1.54, 1.807) is 23.1 Å². The van der Waals surface area contributed by atoms with Crippen LogP contribution in [0.25, 0.3) is 0 Å². The zero-order valence-electron chi connectivity index (χ0n) is 15.1. The summed E-state index contributed by atoms with van der Waals surface area (Å²) >= 11 is 5.85. The van der Waals surface area contributed by atoms with E-state index in [1.807, 2.05) is 24.3 Å². The number of nitrogens with zero attached hydrogens (tertiary/aromatic N) is 1. The van der Waals surface area contributed by atoms with Crippen LogP contribution in [-0.2, 0) is 11.3 Å². The first-order chi connectivity index (χ1) is 13.6. The minimum absolute atomic E-state index is 0.0345. The molecule has 0 spiro atoms. The summed E-state index contributed by atoms with van der Waals surface area (Å²) in [6, 6.07) is 12.5. The van der Waals surface area contributed by atoms with Crippen LogP contribution in [0.2, 0.25) is 5.02 Å². The molecule has 1 fully saturated rings. The second-order valence-corrected chi connectivity index (χ2v) is 7.24.